The Hall–Kier alpha value is -4.00. The van der Waals surface area contributed by atoms with Crippen LogP contribution in [0.25, 0.3) is 22.3 Å². The zero-order chi connectivity index (χ0) is 30.1. The lowest BCUT2D eigenvalue weighted by Gasteiger charge is -2.26. The molecule has 0 fully saturated rings. The predicted octanol–water partition coefficient (Wildman–Crippen LogP) is 8.47. The zero-order valence-electron chi connectivity index (χ0n) is 26.7. The van der Waals surface area contributed by atoms with E-state index in [-0.39, 0.29) is 36.9 Å². The molecule has 2 aliphatic heterocycles. The van der Waals surface area contributed by atoms with E-state index in [2.05, 4.69) is 123 Å². The lowest BCUT2D eigenvalue weighted by Crippen LogP contribution is -2.42. The highest BCUT2D eigenvalue weighted by Crippen LogP contribution is 2.42. The molecule has 2 N–H and O–H groups in total. The largest absolute Gasteiger partial charge is 0.363 e. The molecule has 2 atom stereocenters. The van der Waals surface area contributed by atoms with Gasteiger partial charge in [-0.1, -0.05) is 84.9 Å². The second kappa shape index (κ2) is 12.0. The third kappa shape index (κ3) is 5.31. The molecule has 2 heterocycles. The lowest BCUT2D eigenvalue weighted by molar-refractivity contribution is 0.544. The average Bonchev–Trinajstić information content (AvgIpc) is 3.84. The van der Waals surface area contributed by atoms with Crippen molar-refractivity contribution in [1.82, 2.24) is 10.6 Å². The molecule has 4 aromatic rings. The normalized spacial score (nSPS) is 19.1. The molecule has 0 saturated carbocycles. The fraction of sp³-hybridized carbons (Fsp3) is 0.316. The summed E-state index contributed by atoms with van der Waals surface area (Å²) in [5.74, 6) is 1.77. The van der Waals surface area contributed by atoms with Crippen molar-refractivity contribution in [3.05, 3.63) is 118 Å². The molecule has 46 heavy (non-hydrogen) atoms. The molecule has 0 bridgehead atoms. The van der Waals surface area contributed by atoms with E-state index in [4.69, 9.17) is 20.2 Å². The number of halogens is 2. The van der Waals surface area contributed by atoms with Crippen molar-refractivity contribution < 1.29 is 0 Å². The summed E-state index contributed by atoms with van der Waals surface area (Å²) in [6, 6.07) is 31.1. The summed E-state index contributed by atoms with van der Waals surface area (Å²) in [6.07, 6.45) is 1.95. The summed E-state index contributed by atoms with van der Waals surface area (Å²) in [4.78, 5) is 9.89. The number of hydrogen-bond donors (Lipinski definition) is 2. The SMILES string of the molecule is CC(C)(N=NC(C)(C)C1=NCC(c2cccc3c2Cc2ccccc2-3)N1)C1=NCC(c2cccc3c2Cc2ccccc2-3)N1.Cl.Cl. The van der Waals surface area contributed by atoms with Crippen molar-refractivity contribution in [1.29, 1.82) is 0 Å². The first-order chi connectivity index (χ1) is 21.3. The fourth-order valence-corrected chi connectivity index (χ4v) is 7.33. The van der Waals surface area contributed by atoms with E-state index in [1.165, 1.54) is 55.6 Å². The van der Waals surface area contributed by atoms with Crippen LogP contribution in [-0.2, 0) is 12.8 Å². The van der Waals surface area contributed by atoms with Crippen molar-refractivity contribution in [3.8, 4) is 22.3 Å². The number of amidine groups is 2. The number of rotatable bonds is 6. The second-order valence-corrected chi connectivity index (χ2v) is 13.5. The predicted molar refractivity (Wildman–Crippen MR) is 193 cm³/mol. The number of benzene rings is 4. The Bertz CT molecular complexity index is 1770. The van der Waals surface area contributed by atoms with Crippen LogP contribution in [0.2, 0.25) is 0 Å². The van der Waals surface area contributed by atoms with Gasteiger partial charge in [-0.15, -0.1) is 24.8 Å². The molecular formula is C38H40Cl2N6. The highest BCUT2D eigenvalue weighted by Gasteiger charge is 2.37. The maximum absolute atomic E-state index is 4.95. The van der Waals surface area contributed by atoms with E-state index < -0.39 is 11.1 Å². The molecule has 0 aromatic heterocycles. The van der Waals surface area contributed by atoms with E-state index in [9.17, 15) is 0 Å². The molecule has 4 aromatic carbocycles. The minimum Gasteiger partial charge on any atom is -0.363 e. The lowest BCUT2D eigenvalue weighted by atomic mass is 9.96. The number of aliphatic imine (C=N–C) groups is 2. The van der Waals surface area contributed by atoms with Crippen LogP contribution in [0.4, 0.5) is 0 Å². The van der Waals surface area contributed by atoms with Crippen LogP contribution < -0.4 is 10.6 Å². The van der Waals surface area contributed by atoms with Crippen molar-refractivity contribution >= 4 is 36.5 Å². The molecule has 8 heteroatoms. The topological polar surface area (TPSA) is 73.5 Å². The van der Waals surface area contributed by atoms with Crippen molar-refractivity contribution in [2.75, 3.05) is 13.1 Å². The van der Waals surface area contributed by atoms with Crippen molar-refractivity contribution in [2.45, 2.75) is 63.7 Å². The highest BCUT2D eigenvalue weighted by atomic mass is 35.5. The molecule has 0 saturated heterocycles. The standard InChI is InChI=1S/C38H38N6.2ClH/c1-37(2,35-39-21-33(41-35)29-17-9-15-27-25-13-7-5-11-23(25)19-31(27)29)43-44-38(3,4)36-40-22-34(42-36)30-18-10-16-28-26-14-8-6-12-24(26)20-32(28)30;;/h5-18,33-34H,19-22H2,1-4H3,(H,39,41)(H,40,42);2*1H. The second-order valence-electron chi connectivity index (χ2n) is 13.5. The van der Waals surface area contributed by atoms with Crippen LogP contribution in [0.3, 0.4) is 0 Å². The molecule has 8 rings (SSSR count). The monoisotopic (exact) mass is 650 g/mol. The zero-order valence-corrected chi connectivity index (χ0v) is 28.3. The minimum atomic E-state index is -0.586. The molecule has 0 amide bonds. The number of azo groups is 1. The van der Waals surface area contributed by atoms with Crippen molar-refractivity contribution in [3.63, 3.8) is 0 Å². The molecular weight excluding hydrogens is 611 g/mol. The van der Waals surface area contributed by atoms with Crippen LogP contribution in [0.5, 0.6) is 0 Å². The molecule has 0 radical (unpaired) electrons. The van der Waals surface area contributed by atoms with E-state index in [0.717, 1.165) is 24.5 Å². The van der Waals surface area contributed by atoms with Gasteiger partial charge < -0.3 is 10.6 Å². The maximum atomic E-state index is 4.95. The van der Waals surface area contributed by atoms with Gasteiger partial charge in [-0.2, -0.15) is 10.2 Å². The summed E-state index contributed by atoms with van der Waals surface area (Å²) >= 11 is 0. The third-order valence-corrected chi connectivity index (χ3v) is 9.72. The van der Waals surface area contributed by atoms with Crippen LogP contribution in [-0.4, -0.2) is 35.8 Å². The van der Waals surface area contributed by atoms with Gasteiger partial charge in [0.2, 0.25) is 0 Å². The molecule has 0 spiro atoms. The van der Waals surface area contributed by atoms with Gasteiger partial charge in [0.25, 0.3) is 0 Å². The number of nitrogens with one attached hydrogen (secondary N) is 2. The molecule has 236 valence electrons. The Balaban J connectivity index is 0.00000186. The first-order valence-corrected chi connectivity index (χ1v) is 15.8. The Morgan fingerprint density at radius 3 is 1.37 bits per heavy atom. The smallest absolute Gasteiger partial charge is 0.133 e. The Kier molecular flexibility index (Phi) is 8.32. The van der Waals surface area contributed by atoms with Crippen molar-refractivity contribution in [2.24, 2.45) is 20.2 Å². The Morgan fingerprint density at radius 1 is 0.543 bits per heavy atom. The molecule has 6 nitrogen and oxygen atoms in total. The van der Waals surface area contributed by atoms with Crippen LogP contribution in [0.1, 0.15) is 73.2 Å². The van der Waals surface area contributed by atoms with E-state index in [1.54, 1.807) is 0 Å². The van der Waals surface area contributed by atoms with Gasteiger partial charge in [0.15, 0.2) is 0 Å². The Morgan fingerprint density at radius 2 is 0.935 bits per heavy atom. The average molecular weight is 652 g/mol. The van der Waals surface area contributed by atoms with E-state index >= 15 is 0 Å². The minimum absolute atomic E-state index is 0. The number of nitrogens with zero attached hydrogens (tertiary/aromatic N) is 4. The van der Waals surface area contributed by atoms with Crippen LogP contribution in [0.15, 0.2) is 105 Å². The molecule has 4 aliphatic rings. The number of hydrogen-bond acceptors (Lipinski definition) is 6. The summed E-state index contributed by atoms with van der Waals surface area (Å²) in [5, 5.41) is 17.2. The van der Waals surface area contributed by atoms with E-state index in [1.807, 2.05) is 0 Å². The summed E-state index contributed by atoms with van der Waals surface area (Å²) in [5.41, 5.74) is 12.5. The summed E-state index contributed by atoms with van der Waals surface area (Å²) in [6.45, 7) is 9.75. The first kappa shape index (κ1) is 32.0. The van der Waals surface area contributed by atoms with Gasteiger partial charge in [0, 0.05) is 0 Å². The molecule has 2 aliphatic carbocycles. The van der Waals surface area contributed by atoms with E-state index in [0.29, 0.717) is 13.1 Å². The summed E-state index contributed by atoms with van der Waals surface area (Å²) < 4.78 is 0. The summed E-state index contributed by atoms with van der Waals surface area (Å²) in [7, 11) is 0. The van der Waals surface area contributed by atoms with Gasteiger partial charge in [0.05, 0.1) is 25.2 Å². The first-order valence-electron chi connectivity index (χ1n) is 15.8. The molecule has 2 unspecified atom stereocenters. The van der Waals surface area contributed by atoms with Gasteiger partial charge in [0.1, 0.15) is 22.7 Å². The fourth-order valence-electron chi connectivity index (χ4n) is 7.33. The van der Waals surface area contributed by atoms with Gasteiger partial charge in [-0.05, 0) is 96.2 Å². The maximum Gasteiger partial charge on any atom is 0.133 e. The van der Waals surface area contributed by atoms with Crippen LogP contribution >= 0.6 is 24.8 Å². The van der Waals surface area contributed by atoms with Gasteiger partial charge in [-0.3, -0.25) is 9.98 Å². The quantitative estimate of drug-likeness (QED) is 0.177. The van der Waals surface area contributed by atoms with Gasteiger partial charge in [-0.25, -0.2) is 0 Å². The Labute approximate surface area is 283 Å². The third-order valence-electron chi connectivity index (χ3n) is 9.72. The van der Waals surface area contributed by atoms with Crippen LogP contribution in [0, 0.1) is 0 Å². The van der Waals surface area contributed by atoms with Gasteiger partial charge >= 0.3 is 0 Å². The highest BCUT2D eigenvalue weighted by molar-refractivity contribution is 5.94. The number of fused-ring (bicyclic) bond motifs is 6.